The molecule has 7 nitrogen and oxygen atoms in total. The van der Waals surface area contributed by atoms with Gasteiger partial charge in [-0.1, -0.05) is 30.0 Å². The summed E-state index contributed by atoms with van der Waals surface area (Å²) >= 11 is 1.17. The highest BCUT2D eigenvalue weighted by molar-refractivity contribution is 8.13. The summed E-state index contributed by atoms with van der Waals surface area (Å²) in [5.41, 5.74) is 0.555. The average Bonchev–Trinajstić information content (AvgIpc) is 3.08. The number of nitrogens with one attached hydrogen (secondary N) is 1. The third-order valence-corrected chi connectivity index (χ3v) is 4.83. The Kier molecular flexibility index (Phi) is 6.54. The molecule has 1 atom stereocenters. The van der Waals surface area contributed by atoms with Crippen LogP contribution in [-0.2, 0) is 14.3 Å². The summed E-state index contributed by atoms with van der Waals surface area (Å²) in [4.78, 5) is 37.0. The van der Waals surface area contributed by atoms with E-state index in [4.69, 9.17) is 9.47 Å². The predicted molar refractivity (Wildman–Crippen MR) is 107 cm³/mol. The molecule has 1 fully saturated rings. The largest absolute Gasteiger partial charge is 0.457 e. The zero-order valence-corrected chi connectivity index (χ0v) is 16.1. The number of para-hydroxylation sites is 1. The molecule has 0 spiro atoms. The lowest BCUT2D eigenvalue weighted by molar-refractivity contribution is -0.153. The number of ether oxygens (including phenoxy) is 2. The van der Waals surface area contributed by atoms with Gasteiger partial charge in [-0.2, -0.15) is 0 Å². The molecule has 1 aliphatic rings. The normalized spacial score (nSPS) is 14.5. The molecule has 0 aliphatic carbocycles. The van der Waals surface area contributed by atoms with Crippen LogP contribution in [0.15, 0.2) is 54.6 Å². The first kappa shape index (κ1) is 19.8. The highest BCUT2D eigenvalue weighted by Crippen LogP contribution is 2.22. The van der Waals surface area contributed by atoms with Gasteiger partial charge in [-0.15, -0.1) is 0 Å². The van der Waals surface area contributed by atoms with Gasteiger partial charge in [0, 0.05) is 18.0 Å². The number of hydrogen-bond donors (Lipinski definition) is 1. The number of benzene rings is 2. The van der Waals surface area contributed by atoms with Gasteiger partial charge in [-0.25, -0.2) is 0 Å². The summed E-state index contributed by atoms with van der Waals surface area (Å²) < 4.78 is 10.8. The summed E-state index contributed by atoms with van der Waals surface area (Å²) in [6.07, 6.45) is -0.974. The molecular weight excluding hydrogens is 380 g/mol. The zero-order chi connectivity index (χ0) is 19.9. The summed E-state index contributed by atoms with van der Waals surface area (Å²) in [5, 5.41) is 2.54. The molecule has 0 bridgehead atoms. The quantitative estimate of drug-likeness (QED) is 0.716. The van der Waals surface area contributed by atoms with Gasteiger partial charge < -0.3 is 19.7 Å². The van der Waals surface area contributed by atoms with Crippen LogP contribution < -0.4 is 10.1 Å². The van der Waals surface area contributed by atoms with Gasteiger partial charge in [0.2, 0.25) is 0 Å². The molecule has 1 heterocycles. The van der Waals surface area contributed by atoms with E-state index in [2.05, 4.69) is 5.32 Å². The molecule has 1 aliphatic heterocycles. The van der Waals surface area contributed by atoms with E-state index in [9.17, 15) is 14.4 Å². The monoisotopic (exact) mass is 400 g/mol. The second-order valence-corrected chi connectivity index (χ2v) is 7.14. The zero-order valence-electron chi connectivity index (χ0n) is 15.3. The summed E-state index contributed by atoms with van der Waals surface area (Å²) in [5.74, 6) is 0.954. The number of carbonyl (C=O) groups excluding carboxylic acids is 3. The van der Waals surface area contributed by atoms with Crippen molar-refractivity contribution in [2.75, 3.05) is 24.2 Å². The second kappa shape index (κ2) is 9.27. The Labute approximate surface area is 167 Å². The Balaban J connectivity index is 1.48. The molecule has 1 saturated heterocycles. The smallest absolute Gasteiger partial charge is 0.326 e. The van der Waals surface area contributed by atoms with Crippen LogP contribution in [0.3, 0.4) is 0 Å². The van der Waals surface area contributed by atoms with Gasteiger partial charge in [0.05, 0.1) is 0 Å². The highest BCUT2D eigenvalue weighted by Gasteiger charge is 2.26. The predicted octanol–water partition coefficient (Wildman–Crippen LogP) is 3.52. The number of rotatable bonds is 7. The molecule has 146 valence electrons. The Morgan fingerprint density at radius 1 is 1.11 bits per heavy atom. The van der Waals surface area contributed by atoms with Crippen LogP contribution in [0.1, 0.15) is 6.92 Å². The molecule has 28 heavy (non-hydrogen) atoms. The topological polar surface area (TPSA) is 84.9 Å². The van der Waals surface area contributed by atoms with Crippen LogP contribution in [0.5, 0.6) is 11.5 Å². The average molecular weight is 400 g/mol. The van der Waals surface area contributed by atoms with Crippen molar-refractivity contribution in [1.29, 1.82) is 0 Å². The lowest BCUT2D eigenvalue weighted by Gasteiger charge is -2.17. The number of nitrogens with zero attached hydrogens (tertiary/aromatic N) is 1. The maximum Gasteiger partial charge on any atom is 0.326 e. The van der Waals surface area contributed by atoms with E-state index >= 15 is 0 Å². The van der Waals surface area contributed by atoms with Crippen LogP contribution in [0.2, 0.25) is 0 Å². The fraction of sp³-hybridized carbons (Fsp3) is 0.250. The van der Waals surface area contributed by atoms with Crippen molar-refractivity contribution in [3.8, 4) is 11.5 Å². The lowest BCUT2D eigenvalue weighted by atomic mass is 10.2. The van der Waals surface area contributed by atoms with E-state index in [0.29, 0.717) is 23.7 Å². The third kappa shape index (κ3) is 5.50. The molecule has 2 aromatic rings. The Morgan fingerprint density at radius 3 is 2.43 bits per heavy atom. The van der Waals surface area contributed by atoms with Crippen molar-refractivity contribution in [2.24, 2.45) is 0 Å². The van der Waals surface area contributed by atoms with Gasteiger partial charge in [0.1, 0.15) is 18.0 Å². The molecule has 0 saturated carbocycles. The van der Waals surface area contributed by atoms with Gasteiger partial charge in [0.25, 0.3) is 11.1 Å². The fourth-order valence-electron chi connectivity index (χ4n) is 2.49. The van der Waals surface area contributed by atoms with Crippen LogP contribution in [-0.4, -0.2) is 47.0 Å². The van der Waals surface area contributed by atoms with Gasteiger partial charge in [0.15, 0.2) is 6.10 Å². The molecule has 1 N–H and O–H groups in total. The SMILES string of the molecule is C[C@@H](OC(=O)CN1CCSC1=O)C(=O)Nc1ccc(Oc2ccccc2)cc1. The minimum Gasteiger partial charge on any atom is -0.457 e. The van der Waals surface area contributed by atoms with E-state index in [1.807, 2.05) is 30.3 Å². The van der Waals surface area contributed by atoms with E-state index in [1.54, 1.807) is 24.3 Å². The van der Waals surface area contributed by atoms with Crippen molar-refractivity contribution in [3.05, 3.63) is 54.6 Å². The highest BCUT2D eigenvalue weighted by atomic mass is 32.2. The Hall–Kier alpha value is -3.00. The third-order valence-electron chi connectivity index (χ3n) is 3.94. The van der Waals surface area contributed by atoms with E-state index in [-0.39, 0.29) is 11.8 Å². The summed E-state index contributed by atoms with van der Waals surface area (Å²) in [7, 11) is 0. The molecule has 2 amide bonds. The minimum atomic E-state index is -0.974. The van der Waals surface area contributed by atoms with Gasteiger partial charge >= 0.3 is 5.97 Å². The van der Waals surface area contributed by atoms with Crippen molar-refractivity contribution in [1.82, 2.24) is 4.90 Å². The number of carbonyl (C=O) groups is 3. The molecular formula is C20H20N2O5S. The first-order chi connectivity index (χ1) is 13.5. The molecule has 0 aromatic heterocycles. The number of amides is 2. The number of hydrogen-bond acceptors (Lipinski definition) is 6. The van der Waals surface area contributed by atoms with Crippen LogP contribution >= 0.6 is 11.8 Å². The molecule has 3 rings (SSSR count). The maximum atomic E-state index is 12.2. The molecule has 0 radical (unpaired) electrons. The number of anilines is 1. The van der Waals surface area contributed by atoms with Crippen LogP contribution in [0.25, 0.3) is 0 Å². The van der Waals surface area contributed by atoms with Crippen LogP contribution in [0, 0.1) is 0 Å². The number of esters is 1. The Bertz CT molecular complexity index is 841. The fourth-order valence-corrected chi connectivity index (χ4v) is 3.31. The van der Waals surface area contributed by atoms with Crippen molar-refractivity contribution >= 4 is 34.6 Å². The Morgan fingerprint density at radius 2 is 1.79 bits per heavy atom. The van der Waals surface area contributed by atoms with Crippen molar-refractivity contribution in [3.63, 3.8) is 0 Å². The van der Waals surface area contributed by atoms with E-state index < -0.39 is 18.0 Å². The summed E-state index contributed by atoms with van der Waals surface area (Å²) in [6.45, 7) is 1.85. The number of thioether (sulfide) groups is 1. The summed E-state index contributed by atoms with van der Waals surface area (Å²) in [6, 6.07) is 16.2. The van der Waals surface area contributed by atoms with Crippen molar-refractivity contribution < 1.29 is 23.9 Å². The van der Waals surface area contributed by atoms with Gasteiger partial charge in [-0.05, 0) is 43.3 Å². The van der Waals surface area contributed by atoms with E-state index in [1.165, 1.54) is 23.6 Å². The van der Waals surface area contributed by atoms with Crippen molar-refractivity contribution in [2.45, 2.75) is 13.0 Å². The standard InChI is InChI=1S/C20H20N2O5S/c1-14(26-18(23)13-22-11-12-28-20(22)25)19(24)21-15-7-9-17(10-8-15)27-16-5-3-2-4-6-16/h2-10,14H,11-13H2,1H3,(H,21,24)/t14-/m1/s1. The lowest BCUT2D eigenvalue weighted by Crippen LogP contribution is -2.36. The maximum absolute atomic E-state index is 12.2. The second-order valence-electron chi connectivity index (χ2n) is 6.10. The van der Waals surface area contributed by atoms with Gasteiger partial charge in [-0.3, -0.25) is 14.4 Å². The molecule has 2 aromatic carbocycles. The molecule has 0 unspecified atom stereocenters. The first-order valence-electron chi connectivity index (χ1n) is 8.76. The minimum absolute atomic E-state index is 0.144. The first-order valence-corrected chi connectivity index (χ1v) is 9.75. The van der Waals surface area contributed by atoms with Crippen LogP contribution in [0.4, 0.5) is 10.5 Å². The van der Waals surface area contributed by atoms with E-state index in [0.717, 1.165) is 5.75 Å². The molecule has 8 heteroatoms.